The Hall–Kier alpha value is -2.65. The zero-order valence-electron chi connectivity index (χ0n) is 15.6. The van der Waals surface area contributed by atoms with Gasteiger partial charge in [0.2, 0.25) is 0 Å². The smallest absolute Gasteiger partial charge is 0.165 e. The maximum atomic E-state index is 10.3. The van der Waals surface area contributed by atoms with Gasteiger partial charge in [-0.05, 0) is 54.0 Å². The van der Waals surface area contributed by atoms with Gasteiger partial charge in [-0.25, -0.2) is 9.97 Å². The molecule has 0 spiro atoms. The van der Waals surface area contributed by atoms with E-state index in [2.05, 4.69) is 52.4 Å². The number of ether oxygens (including phenoxy) is 1. The SMILES string of the molecule is CCOc1ccc(/C=N\Nc2cc(C)nc(-c3cc(Br)cc(Br)c3O)n2)c(O)c1. The maximum Gasteiger partial charge on any atom is 0.165 e. The first-order valence-corrected chi connectivity index (χ1v) is 10.2. The molecule has 150 valence electrons. The van der Waals surface area contributed by atoms with Crippen LogP contribution in [0.15, 0.2) is 50.4 Å². The lowest BCUT2D eigenvalue weighted by Crippen LogP contribution is -1.99. The van der Waals surface area contributed by atoms with Crippen molar-refractivity contribution >= 4 is 43.9 Å². The van der Waals surface area contributed by atoms with E-state index in [1.165, 1.54) is 12.3 Å². The average Bonchev–Trinajstić information content (AvgIpc) is 2.66. The highest BCUT2D eigenvalue weighted by Gasteiger charge is 2.13. The Morgan fingerprint density at radius 2 is 1.93 bits per heavy atom. The largest absolute Gasteiger partial charge is 0.507 e. The first kappa shape index (κ1) is 21.1. The lowest BCUT2D eigenvalue weighted by atomic mass is 10.2. The van der Waals surface area contributed by atoms with Crippen molar-refractivity contribution in [2.24, 2.45) is 5.10 Å². The van der Waals surface area contributed by atoms with Gasteiger partial charge in [-0.15, -0.1) is 0 Å². The lowest BCUT2D eigenvalue weighted by molar-refractivity contribution is 0.337. The first-order chi connectivity index (χ1) is 13.9. The summed E-state index contributed by atoms with van der Waals surface area (Å²) < 4.78 is 6.66. The Morgan fingerprint density at radius 3 is 2.66 bits per heavy atom. The number of anilines is 1. The molecule has 0 unspecified atom stereocenters. The molecule has 0 atom stereocenters. The zero-order chi connectivity index (χ0) is 21.0. The molecule has 0 aliphatic carbocycles. The highest BCUT2D eigenvalue weighted by Crippen LogP contribution is 2.37. The Morgan fingerprint density at radius 1 is 1.14 bits per heavy atom. The van der Waals surface area contributed by atoms with Crippen LogP contribution in [-0.2, 0) is 0 Å². The Balaban J connectivity index is 1.84. The van der Waals surface area contributed by atoms with Crippen LogP contribution in [-0.4, -0.2) is 33.0 Å². The van der Waals surface area contributed by atoms with Gasteiger partial charge in [-0.2, -0.15) is 5.10 Å². The summed E-state index contributed by atoms with van der Waals surface area (Å²) in [7, 11) is 0. The molecule has 0 radical (unpaired) electrons. The third-order valence-electron chi connectivity index (χ3n) is 3.82. The third-order valence-corrected chi connectivity index (χ3v) is 4.88. The molecule has 29 heavy (non-hydrogen) atoms. The maximum absolute atomic E-state index is 10.3. The Labute approximate surface area is 184 Å². The van der Waals surface area contributed by atoms with E-state index in [0.29, 0.717) is 45.3 Å². The van der Waals surface area contributed by atoms with Crippen LogP contribution in [0.1, 0.15) is 18.2 Å². The summed E-state index contributed by atoms with van der Waals surface area (Å²) in [6.45, 7) is 4.22. The van der Waals surface area contributed by atoms with Gasteiger partial charge in [0.15, 0.2) is 11.6 Å². The molecule has 3 N–H and O–H groups in total. The number of nitrogens with zero attached hydrogens (tertiary/aromatic N) is 3. The van der Waals surface area contributed by atoms with Gasteiger partial charge in [0.25, 0.3) is 0 Å². The number of nitrogens with one attached hydrogen (secondary N) is 1. The van der Waals surface area contributed by atoms with Crippen molar-refractivity contribution in [3.05, 3.63) is 56.6 Å². The van der Waals surface area contributed by atoms with Crippen LogP contribution in [0.4, 0.5) is 5.82 Å². The van der Waals surface area contributed by atoms with Crippen LogP contribution in [0, 0.1) is 6.92 Å². The molecule has 0 aliphatic rings. The van der Waals surface area contributed by atoms with Crippen molar-refractivity contribution in [3.63, 3.8) is 0 Å². The van der Waals surface area contributed by atoms with Crippen molar-refractivity contribution in [2.75, 3.05) is 12.0 Å². The van der Waals surface area contributed by atoms with Crippen LogP contribution in [0.5, 0.6) is 17.2 Å². The van der Waals surface area contributed by atoms with E-state index >= 15 is 0 Å². The highest BCUT2D eigenvalue weighted by atomic mass is 79.9. The number of benzene rings is 2. The Kier molecular flexibility index (Phi) is 6.71. The number of aromatic nitrogens is 2. The second-order valence-corrected chi connectivity index (χ2v) is 7.80. The number of aryl methyl sites for hydroxylation is 1. The average molecular weight is 522 g/mol. The lowest BCUT2D eigenvalue weighted by Gasteiger charge is -2.09. The fourth-order valence-corrected chi connectivity index (χ4v) is 3.77. The van der Waals surface area contributed by atoms with Gasteiger partial charge in [0.05, 0.1) is 22.9 Å². The van der Waals surface area contributed by atoms with E-state index < -0.39 is 0 Å². The van der Waals surface area contributed by atoms with E-state index in [1.54, 1.807) is 30.3 Å². The quantitative estimate of drug-likeness (QED) is 0.303. The minimum absolute atomic E-state index is 0.0487. The van der Waals surface area contributed by atoms with Gasteiger partial charge in [0.1, 0.15) is 17.2 Å². The number of rotatable bonds is 6. The molecule has 0 saturated carbocycles. The van der Waals surface area contributed by atoms with Gasteiger partial charge < -0.3 is 14.9 Å². The van der Waals surface area contributed by atoms with E-state index in [4.69, 9.17) is 4.74 Å². The van der Waals surface area contributed by atoms with E-state index in [1.807, 2.05) is 13.8 Å². The van der Waals surface area contributed by atoms with Gasteiger partial charge in [0, 0.05) is 27.9 Å². The first-order valence-electron chi connectivity index (χ1n) is 8.66. The predicted octanol–water partition coefficient (Wildman–Crippen LogP) is 5.23. The minimum atomic E-state index is 0.0487. The number of halogens is 2. The minimum Gasteiger partial charge on any atom is -0.507 e. The number of phenolic OH excluding ortho intramolecular Hbond substituents is 2. The van der Waals surface area contributed by atoms with Crippen LogP contribution in [0.2, 0.25) is 0 Å². The summed E-state index contributed by atoms with van der Waals surface area (Å²) in [6.07, 6.45) is 1.48. The molecule has 0 amide bonds. The van der Waals surface area contributed by atoms with Crippen LogP contribution in [0.25, 0.3) is 11.4 Å². The topological polar surface area (TPSA) is 99.9 Å². The summed E-state index contributed by atoms with van der Waals surface area (Å²) in [5.41, 5.74) is 4.54. The molecule has 3 aromatic rings. The number of aromatic hydroxyl groups is 2. The molecule has 3 rings (SSSR count). The number of hydrogen-bond acceptors (Lipinski definition) is 7. The third kappa shape index (κ3) is 5.24. The van der Waals surface area contributed by atoms with E-state index in [-0.39, 0.29) is 11.5 Å². The number of hydrazone groups is 1. The molecule has 2 aromatic carbocycles. The predicted molar refractivity (Wildman–Crippen MR) is 120 cm³/mol. The van der Waals surface area contributed by atoms with Gasteiger partial charge >= 0.3 is 0 Å². The zero-order valence-corrected chi connectivity index (χ0v) is 18.8. The summed E-state index contributed by atoms with van der Waals surface area (Å²) in [6, 6.07) is 10.2. The molecule has 0 saturated heterocycles. The molecule has 7 nitrogen and oxygen atoms in total. The van der Waals surface area contributed by atoms with Crippen molar-refractivity contribution in [1.29, 1.82) is 0 Å². The molecule has 9 heteroatoms. The van der Waals surface area contributed by atoms with E-state index in [0.717, 1.165) is 4.47 Å². The van der Waals surface area contributed by atoms with Crippen molar-refractivity contribution < 1.29 is 14.9 Å². The molecule has 0 aliphatic heterocycles. The van der Waals surface area contributed by atoms with Crippen molar-refractivity contribution in [3.8, 4) is 28.6 Å². The molecular formula is C20H18Br2N4O3. The molecule has 1 aromatic heterocycles. The summed E-state index contributed by atoms with van der Waals surface area (Å²) in [4.78, 5) is 8.81. The second-order valence-electron chi connectivity index (χ2n) is 6.03. The standard InChI is InChI=1S/C20H18Br2N4O3/c1-3-29-14-5-4-12(17(27)9-14)10-23-26-18-6-11(2)24-20(25-18)15-7-13(21)8-16(22)19(15)28/h4-10,27-28H,3H2,1-2H3,(H,24,25,26)/b23-10-. The van der Waals surface area contributed by atoms with Crippen LogP contribution >= 0.6 is 31.9 Å². The molecular weight excluding hydrogens is 504 g/mol. The summed E-state index contributed by atoms with van der Waals surface area (Å²) in [5, 5.41) is 24.5. The normalized spacial score (nSPS) is 11.0. The molecule has 0 fully saturated rings. The fraction of sp³-hybridized carbons (Fsp3) is 0.150. The molecule has 1 heterocycles. The summed E-state index contributed by atoms with van der Waals surface area (Å²) in [5.74, 6) is 1.50. The number of phenols is 2. The van der Waals surface area contributed by atoms with Crippen LogP contribution < -0.4 is 10.2 Å². The van der Waals surface area contributed by atoms with Crippen molar-refractivity contribution in [2.45, 2.75) is 13.8 Å². The summed E-state index contributed by atoms with van der Waals surface area (Å²) >= 11 is 6.72. The van der Waals surface area contributed by atoms with Gasteiger partial charge in [-0.1, -0.05) is 15.9 Å². The van der Waals surface area contributed by atoms with Crippen molar-refractivity contribution in [1.82, 2.24) is 9.97 Å². The highest BCUT2D eigenvalue weighted by molar-refractivity contribution is 9.11. The molecule has 0 bridgehead atoms. The number of hydrogen-bond donors (Lipinski definition) is 3. The van der Waals surface area contributed by atoms with Gasteiger partial charge in [-0.3, -0.25) is 5.43 Å². The fourth-order valence-electron chi connectivity index (χ4n) is 2.54. The van der Waals surface area contributed by atoms with Crippen LogP contribution in [0.3, 0.4) is 0 Å². The Bertz CT molecular complexity index is 1070. The second kappa shape index (κ2) is 9.23. The van der Waals surface area contributed by atoms with E-state index in [9.17, 15) is 10.2 Å². The monoisotopic (exact) mass is 520 g/mol.